The molecule has 0 bridgehead atoms. The second-order valence-electron chi connectivity index (χ2n) is 4.33. The van der Waals surface area contributed by atoms with Gasteiger partial charge in [-0.15, -0.1) is 0 Å². The third-order valence-electron chi connectivity index (χ3n) is 3.37. The van der Waals surface area contributed by atoms with E-state index in [-0.39, 0.29) is 17.8 Å². The van der Waals surface area contributed by atoms with E-state index in [0.29, 0.717) is 0 Å². The van der Waals surface area contributed by atoms with E-state index in [9.17, 15) is 9.90 Å². The number of imidazole rings is 1. The molecule has 1 aromatic heterocycles. The Labute approximate surface area is 98.3 Å². The summed E-state index contributed by atoms with van der Waals surface area (Å²) in [7, 11) is 0. The predicted molar refractivity (Wildman–Crippen MR) is 61.6 cm³/mol. The minimum Gasteiger partial charge on any atom is -0.481 e. The second-order valence-corrected chi connectivity index (χ2v) is 4.33. The van der Waals surface area contributed by atoms with Crippen molar-refractivity contribution in [2.24, 2.45) is 5.92 Å². The summed E-state index contributed by atoms with van der Waals surface area (Å²) < 4.78 is 0. The monoisotopic (exact) mass is 228 g/mol. The molecule has 3 rings (SSSR count). The van der Waals surface area contributed by atoms with Crippen LogP contribution in [-0.2, 0) is 4.79 Å². The molecule has 0 saturated heterocycles. The number of aromatic amines is 1. The number of hydrogen-bond acceptors (Lipinski definition) is 2. The van der Waals surface area contributed by atoms with Gasteiger partial charge in [0.2, 0.25) is 0 Å². The predicted octanol–water partition coefficient (Wildman–Crippen LogP) is 1.99. The summed E-state index contributed by atoms with van der Waals surface area (Å²) >= 11 is 0. The first kappa shape index (κ1) is 10.1. The topological polar surface area (TPSA) is 66.0 Å². The van der Waals surface area contributed by atoms with Crippen molar-refractivity contribution in [3.05, 3.63) is 54.1 Å². The maximum absolute atomic E-state index is 11.2. The van der Waals surface area contributed by atoms with Crippen molar-refractivity contribution in [2.75, 3.05) is 0 Å². The number of carboxylic acids is 1. The lowest BCUT2D eigenvalue weighted by Gasteiger charge is -1.97. The van der Waals surface area contributed by atoms with Crippen LogP contribution < -0.4 is 0 Å². The standard InChI is InChI=1S/C13H12N2O2/c16-13(17)12-10(8-4-2-1-3-5-8)11(12)9-6-14-7-15-9/h1-7,10-12H,(H,14,15)(H,16,17)/t10-,11-,12+/m1/s1. The van der Waals surface area contributed by atoms with Gasteiger partial charge in [0.05, 0.1) is 12.2 Å². The number of aliphatic carboxylic acids is 1. The number of aromatic nitrogens is 2. The van der Waals surface area contributed by atoms with Gasteiger partial charge in [0, 0.05) is 23.7 Å². The number of carboxylic acid groups (broad SMARTS) is 1. The van der Waals surface area contributed by atoms with Crippen LogP contribution in [0.5, 0.6) is 0 Å². The van der Waals surface area contributed by atoms with Crippen molar-refractivity contribution in [2.45, 2.75) is 11.8 Å². The largest absolute Gasteiger partial charge is 0.481 e. The third-order valence-corrected chi connectivity index (χ3v) is 3.37. The van der Waals surface area contributed by atoms with Crippen LogP contribution >= 0.6 is 0 Å². The lowest BCUT2D eigenvalue weighted by molar-refractivity contribution is -0.138. The fraction of sp³-hybridized carbons (Fsp3) is 0.231. The van der Waals surface area contributed by atoms with Gasteiger partial charge in [-0.3, -0.25) is 4.79 Å². The molecule has 0 spiro atoms. The van der Waals surface area contributed by atoms with Gasteiger partial charge in [-0.05, 0) is 5.56 Å². The fourth-order valence-electron chi connectivity index (χ4n) is 2.54. The quantitative estimate of drug-likeness (QED) is 0.844. The second kappa shape index (κ2) is 3.73. The van der Waals surface area contributed by atoms with E-state index in [2.05, 4.69) is 9.97 Å². The Kier molecular flexibility index (Phi) is 2.21. The molecule has 1 fully saturated rings. The first-order chi connectivity index (χ1) is 8.29. The molecule has 1 aliphatic rings. The van der Waals surface area contributed by atoms with Crippen LogP contribution in [0.3, 0.4) is 0 Å². The molecule has 1 aliphatic carbocycles. The summed E-state index contributed by atoms with van der Waals surface area (Å²) in [6.45, 7) is 0. The van der Waals surface area contributed by atoms with E-state index in [1.54, 1.807) is 12.5 Å². The average Bonchev–Trinajstić information content (AvgIpc) is 2.87. The third kappa shape index (κ3) is 1.62. The van der Waals surface area contributed by atoms with Crippen molar-refractivity contribution in [1.82, 2.24) is 9.97 Å². The maximum Gasteiger partial charge on any atom is 0.307 e. The van der Waals surface area contributed by atoms with E-state index in [1.165, 1.54) is 0 Å². The number of rotatable bonds is 3. The van der Waals surface area contributed by atoms with Crippen molar-refractivity contribution in [1.29, 1.82) is 0 Å². The zero-order valence-corrected chi connectivity index (χ0v) is 9.08. The van der Waals surface area contributed by atoms with E-state index < -0.39 is 5.97 Å². The van der Waals surface area contributed by atoms with Crippen LogP contribution in [0, 0.1) is 5.92 Å². The highest BCUT2D eigenvalue weighted by Crippen LogP contribution is 2.59. The minimum atomic E-state index is -0.738. The number of nitrogens with one attached hydrogen (secondary N) is 1. The average molecular weight is 228 g/mol. The highest BCUT2D eigenvalue weighted by atomic mass is 16.4. The first-order valence-electron chi connectivity index (χ1n) is 5.55. The lowest BCUT2D eigenvalue weighted by atomic mass is 10.1. The Morgan fingerprint density at radius 2 is 2.00 bits per heavy atom. The van der Waals surface area contributed by atoms with Gasteiger partial charge in [-0.2, -0.15) is 0 Å². The summed E-state index contributed by atoms with van der Waals surface area (Å²) in [6.07, 6.45) is 3.30. The summed E-state index contributed by atoms with van der Waals surface area (Å²) in [4.78, 5) is 18.2. The van der Waals surface area contributed by atoms with Gasteiger partial charge in [-0.25, -0.2) is 4.98 Å². The number of H-pyrrole nitrogens is 1. The Bertz CT molecular complexity index is 522. The molecule has 86 valence electrons. The molecule has 17 heavy (non-hydrogen) atoms. The van der Waals surface area contributed by atoms with Crippen molar-refractivity contribution < 1.29 is 9.90 Å². The van der Waals surface area contributed by atoms with Gasteiger partial charge in [-0.1, -0.05) is 30.3 Å². The molecule has 0 unspecified atom stereocenters. The van der Waals surface area contributed by atoms with E-state index in [1.807, 2.05) is 30.3 Å². The van der Waals surface area contributed by atoms with Gasteiger partial charge < -0.3 is 10.1 Å². The number of carbonyl (C=O) groups is 1. The molecule has 1 heterocycles. The summed E-state index contributed by atoms with van der Waals surface area (Å²) in [5, 5.41) is 9.22. The zero-order chi connectivity index (χ0) is 11.8. The summed E-state index contributed by atoms with van der Waals surface area (Å²) in [5.41, 5.74) is 1.99. The van der Waals surface area contributed by atoms with Crippen LogP contribution in [0.4, 0.5) is 0 Å². The Morgan fingerprint density at radius 1 is 1.24 bits per heavy atom. The molecule has 0 amide bonds. The normalized spacial score (nSPS) is 26.7. The number of hydrogen-bond donors (Lipinski definition) is 2. The van der Waals surface area contributed by atoms with Crippen molar-refractivity contribution in [3.8, 4) is 0 Å². The van der Waals surface area contributed by atoms with E-state index >= 15 is 0 Å². The number of benzene rings is 1. The maximum atomic E-state index is 11.2. The molecule has 2 N–H and O–H groups in total. The highest BCUT2D eigenvalue weighted by Gasteiger charge is 2.57. The van der Waals surface area contributed by atoms with Gasteiger partial charge in [0.1, 0.15) is 0 Å². The molecule has 4 heteroatoms. The van der Waals surface area contributed by atoms with Crippen molar-refractivity contribution in [3.63, 3.8) is 0 Å². The summed E-state index contributed by atoms with van der Waals surface area (Å²) in [6, 6.07) is 9.79. The minimum absolute atomic E-state index is 0.0254. The van der Waals surface area contributed by atoms with Crippen LogP contribution in [0.1, 0.15) is 23.1 Å². The molecular weight excluding hydrogens is 216 g/mol. The molecular formula is C13H12N2O2. The summed E-state index contributed by atoms with van der Waals surface area (Å²) in [5.74, 6) is -0.983. The van der Waals surface area contributed by atoms with Gasteiger partial charge in [0.15, 0.2) is 0 Å². The molecule has 1 aromatic carbocycles. The molecule has 4 nitrogen and oxygen atoms in total. The Balaban J connectivity index is 1.93. The van der Waals surface area contributed by atoms with Gasteiger partial charge >= 0.3 is 5.97 Å². The SMILES string of the molecule is O=C(O)[C@H]1[C@H](c2ccccc2)[C@H]1c1cnc[nH]1. The lowest BCUT2D eigenvalue weighted by Crippen LogP contribution is -2.00. The Hall–Kier alpha value is -2.10. The van der Waals surface area contributed by atoms with Crippen LogP contribution in [0.15, 0.2) is 42.9 Å². The van der Waals surface area contributed by atoms with Gasteiger partial charge in [0.25, 0.3) is 0 Å². The highest BCUT2D eigenvalue weighted by molar-refractivity contribution is 5.78. The zero-order valence-electron chi connectivity index (χ0n) is 9.08. The molecule has 0 aliphatic heterocycles. The molecule has 2 aromatic rings. The first-order valence-corrected chi connectivity index (χ1v) is 5.55. The van der Waals surface area contributed by atoms with Crippen LogP contribution in [0.25, 0.3) is 0 Å². The fourth-order valence-corrected chi connectivity index (χ4v) is 2.54. The van der Waals surface area contributed by atoms with E-state index in [0.717, 1.165) is 11.3 Å². The van der Waals surface area contributed by atoms with Crippen molar-refractivity contribution >= 4 is 5.97 Å². The van der Waals surface area contributed by atoms with Crippen LogP contribution in [0.2, 0.25) is 0 Å². The molecule has 1 saturated carbocycles. The Morgan fingerprint density at radius 3 is 2.59 bits per heavy atom. The van der Waals surface area contributed by atoms with Crippen LogP contribution in [-0.4, -0.2) is 21.0 Å². The van der Waals surface area contributed by atoms with E-state index in [4.69, 9.17) is 0 Å². The smallest absolute Gasteiger partial charge is 0.307 e. The molecule has 3 atom stereocenters. The molecule has 0 radical (unpaired) electrons. The number of nitrogens with zero attached hydrogens (tertiary/aromatic N) is 1.